The largest absolute Gasteiger partial charge is 0.320 e. The van der Waals surface area contributed by atoms with Crippen LogP contribution in [0.1, 0.15) is 34.8 Å². The molecule has 1 aromatic carbocycles. The molecular formula is C16H17FN2O. The molecule has 4 heteroatoms. The minimum absolute atomic E-state index is 0.0533. The molecule has 20 heavy (non-hydrogen) atoms. The summed E-state index contributed by atoms with van der Waals surface area (Å²) in [4.78, 5) is 12.4. The van der Waals surface area contributed by atoms with Gasteiger partial charge in [0.15, 0.2) is 0 Å². The topological polar surface area (TPSA) is 48.0 Å². The van der Waals surface area contributed by atoms with Crippen LogP contribution in [0.5, 0.6) is 0 Å². The molecule has 0 saturated carbocycles. The predicted molar refractivity (Wildman–Crippen MR) is 76.1 cm³/mol. The van der Waals surface area contributed by atoms with Crippen molar-refractivity contribution in [3.63, 3.8) is 0 Å². The highest BCUT2D eigenvalue weighted by Crippen LogP contribution is 2.24. The second-order valence-corrected chi connectivity index (χ2v) is 5.32. The number of hydrogen-bond acceptors (Lipinski definition) is 2. The maximum absolute atomic E-state index is 13.0. The summed E-state index contributed by atoms with van der Waals surface area (Å²) in [7, 11) is 1.80. The van der Waals surface area contributed by atoms with Gasteiger partial charge in [0.2, 0.25) is 0 Å². The number of halogens is 1. The predicted octanol–water partition coefficient (Wildman–Crippen LogP) is 2.06. The number of nitrogens with two attached hydrogens (primary N) is 1. The molecule has 1 aliphatic carbocycles. The molecule has 3 rings (SSSR count). The third kappa shape index (κ3) is 2.06. The Hall–Kier alpha value is -1.94. The lowest BCUT2D eigenvalue weighted by atomic mass is 9.99. The Kier molecular flexibility index (Phi) is 3.18. The number of benzene rings is 1. The maximum atomic E-state index is 13.0. The zero-order chi connectivity index (χ0) is 14.3. The Labute approximate surface area is 116 Å². The van der Waals surface area contributed by atoms with Gasteiger partial charge in [0.05, 0.1) is 6.04 Å². The number of rotatable bonds is 2. The van der Waals surface area contributed by atoms with E-state index >= 15 is 0 Å². The van der Waals surface area contributed by atoms with E-state index in [4.69, 9.17) is 5.73 Å². The normalized spacial score (nSPS) is 15.2. The smallest absolute Gasteiger partial charge is 0.255 e. The lowest BCUT2D eigenvalue weighted by Gasteiger charge is -2.16. The van der Waals surface area contributed by atoms with Gasteiger partial charge in [-0.2, -0.15) is 0 Å². The molecule has 0 saturated heterocycles. The first-order chi connectivity index (χ1) is 9.58. The van der Waals surface area contributed by atoms with Gasteiger partial charge in [0.1, 0.15) is 5.82 Å². The Morgan fingerprint density at radius 3 is 2.65 bits per heavy atom. The summed E-state index contributed by atoms with van der Waals surface area (Å²) in [6.45, 7) is 0. The monoisotopic (exact) mass is 272 g/mol. The molecular weight excluding hydrogens is 255 g/mol. The first-order valence-corrected chi connectivity index (χ1v) is 6.80. The number of aromatic nitrogens is 1. The molecule has 0 amide bonds. The van der Waals surface area contributed by atoms with Crippen molar-refractivity contribution in [2.45, 2.75) is 25.3 Å². The van der Waals surface area contributed by atoms with E-state index in [1.807, 2.05) is 6.07 Å². The van der Waals surface area contributed by atoms with Crippen molar-refractivity contribution >= 4 is 0 Å². The van der Waals surface area contributed by atoms with Crippen LogP contribution < -0.4 is 11.3 Å². The summed E-state index contributed by atoms with van der Waals surface area (Å²) in [5.41, 5.74) is 9.80. The van der Waals surface area contributed by atoms with E-state index < -0.39 is 6.04 Å². The van der Waals surface area contributed by atoms with Crippen molar-refractivity contribution in [2.75, 3.05) is 0 Å². The van der Waals surface area contributed by atoms with Crippen molar-refractivity contribution in [1.29, 1.82) is 0 Å². The fourth-order valence-corrected chi connectivity index (χ4v) is 2.93. The average Bonchev–Trinajstić information content (AvgIpc) is 2.91. The Balaban J connectivity index is 2.08. The molecule has 1 unspecified atom stereocenters. The number of aryl methyl sites for hydroxylation is 1. The summed E-state index contributed by atoms with van der Waals surface area (Å²) in [5.74, 6) is -0.303. The summed E-state index contributed by atoms with van der Waals surface area (Å²) in [6.07, 6.45) is 3.03. The number of pyridine rings is 1. The maximum Gasteiger partial charge on any atom is 0.255 e. The van der Waals surface area contributed by atoms with Gasteiger partial charge >= 0.3 is 0 Å². The highest BCUT2D eigenvalue weighted by atomic mass is 19.1. The van der Waals surface area contributed by atoms with Crippen LogP contribution in [0.2, 0.25) is 0 Å². The van der Waals surface area contributed by atoms with Gasteiger partial charge in [0.25, 0.3) is 5.56 Å². The van der Waals surface area contributed by atoms with Gasteiger partial charge in [-0.05, 0) is 48.6 Å². The zero-order valence-electron chi connectivity index (χ0n) is 11.4. The second-order valence-electron chi connectivity index (χ2n) is 5.32. The first-order valence-electron chi connectivity index (χ1n) is 6.80. The highest BCUT2D eigenvalue weighted by Gasteiger charge is 2.21. The molecule has 0 spiro atoms. The van der Waals surface area contributed by atoms with Crippen molar-refractivity contribution in [2.24, 2.45) is 12.8 Å². The fraction of sp³-hybridized carbons (Fsp3) is 0.312. The lowest BCUT2D eigenvalue weighted by molar-refractivity contribution is 0.626. The van der Waals surface area contributed by atoms with E-state index in [9.17, 15) is 9.18 Å². The van der Waals surface area contributed by atoms with Gasteiger partial charge < -0.3 is 10.3 Å². The van der Waals surface area contributed by atoms with Crippen LogP contribution in [0.3, 0.4) is 0 Å². The Morgan fingerprint density at radius 1 is 1.25 bits per heavy atom. The summed E-state index contributed by atoms with van der Waals surface area (Å²) >= 11 is 0. The molecule has 1 aromatic heterocycles. The SMILES string of the molecule is Cn1c2c(cc(C(N)c3ccc(F)cc3)c1=O)CCC2. The van der Waals surface area contributed by atoms with Crippen LogP contribution in [-0.4, -0.2) is 4.57 Å². The van der Waals surface area contributed by atoms with E-state index in [1.54, 1.807) is 23.7 Å². The summed E-state index contributed by atoms with van der Waals surface area (Å²) in [6, 6.07) is 7.41. The molecule has 2 N–H and O–H groups in total. The van der Waals surface area contributed by atoms with Crippen LogP contribution in [0.4, 0.5) is 4.39 Å². The number of hydrogen-bond donors (Lipinski definition) is 1. The molecule has 0 radical (unpaired) electrons. The van der Waals surface area contributed by atoms with Crippen molar-refractivity contribution in [1.82, 2.24) is 4.57 Å². The Bertz CT molecular complexity index is 704. The van der Waals surface area contributed by atoms with E-state index in [0.29, 0.717) is 5.56 Å². The molecule has 1 aliphatic rings. The van der Waals surface area contributed by atoms with Crippen LogP contribution >= 0.6 is 0 Å². The van der Waals surface area contributed by atoms with Crippen LogP contribution in [-0.2, 0) is 19.9 Å². The quantitative estimate of drug-likeness (QED) is 0.909. The van der Waals surface area contributed by atoms with Gasteiger partial charge in [0, 0.05) is 18.3 Å². The minimum Gasteiger partial charge on any atom is -0.320 e. The molecule has 3 nitrogen and oxygen atoms in total. The molecule has 104 valence electrons. The van der Waals surface area contributed by atoms with Crippen molar-refractivity contribution < 1.29 is 4.39 Å². The summed E-state index contributed by atoms with van der Waals surface area (Å²) in [5, 5.41) is 0. The van der Waals surface area contributed by atoms with Crippen LogP contribution in [0.15, 0.2) is 35.1 Å². The van der Waals surface area contributed by atoms with Crippen molar-refractivity contribution in [3.05, 3.63) is 68.9 Å². The molecule has 1 heterocycles. The van der Waals surface area contributed by atoms with Gasteiger partial charge in [-0.1, -0.05) is 12.1 Å². The molecule has 1 atom stereocenters. The Morgan fingerprint density at radius 2 is 1.95 bits per heavy atom. The standard InChI is InChI=1S/C16H17FN2O/c1-19-14-4-2-3-11(14)9-13(16(19)20)15(18)10-5-7-12(17)8-6-10/h5-9,15H,2-4,18H2,1H3. The molecule has 2 aromatic rings. The van der Waals surface area contributed by atoms with E-state index in [0.717, 1.165) is 30.5 Å². The van der Waals surface area contributed by atoms with Crippen LogP contribution in [0.25, 0.3) is 0 Å². The van der Waals surface area contributed by atoms with Gasteiger partial charge in [-0.3, -0.25) is 4.79 Å². The molecule has 0 aliphatic heterocycles. The lowest BCUT2D eigenvalue weighted by Crippen LogP contribution is -2.29. The fourth-order valence-electron chi connectivity index (χ4n) is 2.93. The second kappa shape index (κ2) is 4.87. The zero-order valence-corrected chi connectivity index (χ0v) is 11.4. The van der Waals surface area contributed by atoms with E-state index in [-0.39, 0.29) is 11.4 Å². The highest BCUT2D eigenvalue weighted by molar-refractivity contribution is 5.36. The third-order valence-electron chi connectivity index (χ3n) is 4.08. The van der Waals surface area contributed by atoms with Crippen LogP contribution in [0, 0.1) is 5.82 Å². The van der Waals surface area contributed by atoms with E-state index in [2.05, 4.69) is 0 Å². The summed E-state index contributed by atoms with van der Waals surface area (Å²) < 4.78 is 14.7. The van der Waals surface area contributed by atoms with Gasteiger partial charge in [-0.15, -0.1) is 0 Å². The third-order valence-corrected chi connectivity index (χ3v) is 4.08. The number of nitrogens with zero attached hydrogens (tertiary/aromatic N) is 1. The molecule has 0 fully saturated rings. The minimum atomic E-state index is -0.514. The molecule has 0 bridgehead atoms. The average molecular weight is 272 g/mol. The van der Waals surface area contributed by atoms with E-state index in [1.165, 1.54) is 17.7 Å². The number of fused-ring (bicyclic) bond motifs is 1. The van der Waals surface area contributed by atoms with Crippen molar-refractivity contribution in [3.8, 4) is 0 Å². The first kappa shape index (κ1) is 13.1. The van der Waals surface area contributed by atoms with Gasteiger partial charge in [-0.25, -0.2) is 4.39 Å².